The lowest BCUT2D eigenvalue weighted by Gasteiger charge is -2.10. The van der Waals surface area contributed by atoms with E-state index in [4.69, 9.17) is 22.1 Å². The van der Waals surface area contributed by atoms with Gasteiger partial charge in [-0.15, -0.1) is 13.2 Å². The van der Waals surface area contributed by atoms with Gasteiger partial charge in [-0.2, -0.15) is 0 Å². The quantitative estimate of drug-likeness (QED) is 0.460. The molecule has 134 valence electrons. The Morgan fingerprint density at radius 2 is 1.92 bits per heavy atom. The second-order valence-electron chi connectivity index (χ2n) is 4.63. The van der Waals surface area contributed by atoms with Crippen molar-refractivity contribution in [2.24, 2.45) is 10.7 Å². The van der Waals surface area contributed by atoms with Gasteiger partial charge in [0.05, 0.1) is 11.6 Å². The van der Waals surface area contributed by atoms with Crippen LogP contribution in [-0.4, -0.2) is 30.5 Å². The molecule has 0 bridgehead atoms. The first kappa shape index (κ1) is 18.7. The lowest BCUT2D eigenvalue weighted by Crippen LogP contribution is -2.23. The summed E-state index contributed by atoms with van der Waals surface area (Å²) in [5.41, 5.74) is 6.15. The zero-order valence-corrected chi connectivity index (χ0v) is 13.5. The van der Waals surface area contributed by atoms with Gasteiger partial charge in [-0.25, -0.2) is 9.98 Å². The third-order valence-electron chi connectivity index (χ3n) is 2.68. The maximum atomic E-state index is 12.1. The van der Waals surface area contributed by atoms with Gasteiger partial charge in [0.15, 0.2) is 5.96 Å². The minimum Gasteiger partial charge on any atom is -0.476 e. The van der Waals surface area contributed by atoms with Crippen molar-refractivity contribution in [3.63, 3.8) is 0 Å². The van der Waals surface area contributed by atoms with Crippen molar-refractivity contribution in [2.75, 3.05) is 18.5 Å². The number of nitrogens with one attached hydrogen (secondary N) is 1. The highest BCUT2D eigenvalue weighted by atomic mass is 35.5. The summed E-state index contributed by atoms with van der Waals surface area (Å²) in [5, 5.41) is 3.25. The van der Waals surface area contributed by atoms with Gasteiger partial charge in [0.25, 0.3) is 0 Å². The van der Waals surface area contributed by atoms with Crippen LogP contribution in [0.4, 0.5) is 18.9 Å². The first-order chi connectivity index (χ1) is 11.8. The van der Waals surface area contributed by atoms with E-state index in [1.807, 2.05) is 0 Å². The highest BCUT2D eigenvalue weighted by Crippen LogP contribution is 2.23. The lowest BCUT2D eigenvalue weighted by atomic mass is 10.3. The number of ether oxygens (including phenoxy) is 2. The van der Waals surface area contributed by atoms with Crippen LogP contribution in [0.25, 0.3) is 0 Å². The molecule has 0 atom stereocenters. The minimum atomic E-state index is -4.73. The zero-order valence-electron chi connectivity index (χ0n) is 12.8. The van der Waals surface area contributed by atoms with Crippen LogP contribution < -0.4 is 20.5 Å². The van der Waals surface area contributed by atoms with Gasteiger partial charge in [0, 0.05) is 18.0 Å². The fraction of sp³-hybridized carbons (Fsp3) is 0.200. The maximum Gasteiger partial charge on any atom is 0.573 e. The van der Waals surface area contributed by atoms with Gasteiger partial charge in [-0.05, 0) is 30.3 Å². The molecule has 0 fully saturated rings. The molecule has 25 heavy (non-hydrogen) atoms. The molecule has 0 saturated heterocycles. The standard InChI is InChI=1S/C15H14ClF3N4O2/c16-10-1-6-13(22-9-10)24-8-7-21-14(20)23-11-2-4-12(5-3-11)25-15(17,18)19/h1-6,9H,7-8H2,(H3,20,21,23). The number of pyridine rings is 1. The van der Waals surface area contributed by atoms with E-state index in [1.165, 1.54) is 30.5 Å². The van der Waals surface area contributed by atoms with Gasteiger partial charge < -0.3 is 20.5 Å². The molecular formula is C15H14ClF3N4O2. The number of nitrogens with zero attached hydrogens (tertiary/aromatic N) is 2. The van der Waals surface area contributed by atoms with E-state index in [0.717, 1.165) is 0 Å². The minimum absolute atomic E-state index is 0.0946. The zero-order chi connectivity index (χ0) is 18.3. The van der Waals surface area contributed by atoms with E-state index < -0.39 is 6.36 Å². The second kappa shape index (κ2) is 8.43. The Morgan fingerprint density at radius 1 is 1.20 bits per heavy atom. The molecule has 1 heterocycles. The topological polar surface area (TPSA) is 81.8 Å². The van der Waals surface area contributed by atoms with Crippen LogP contribution in [0.3, 0.4) is 0 Å². The van der Waals surface area contributed by atoms with Crippen LogP contribution in [0.15, 0.2) is 47.6 Å². The van der Waals surface area contributed by atoms with Crippen LogP contribution in [0.5, 0.6) is 11.6 Å². The number of benzene rings is 1. The Kier molecular flexibility index (Phi) is 6.29. The van der Waals surface area contributed by atoms with Crippen LogP contribution in [-0.2, 0) is 0 Å². The maximum absolute atomic E-state index is 12.1. The van der Waals surface area contributed by atoms with Crippen molar-refractivity contribution in [1.29, 1.82) is 0 Å². The molecule has 0 amide bonds. The predicted molar refractivity (Wildman–Crippen MR) is 88.0 cm³/mol. The van der Waals surface area contributed by atoms with Crippen molar-refractivity contribution in [3.8, 4) is 11.6 Å². The number of hydrogen-bond donors (Lipinski definition) is 2. The molecule has 0 aliphatic heterocycles. The Labute approximate surface area is 146 Å². The van der Waals surface area contributed by atoms with E-state index in [0.29, 0.717) is 16.6 Å². The van der Waals surface area contributed by atoms with Crippen LogP contribution >= 0.6 is 11.6 Å². The Hall–Kier alpha value is -2.68. The van der Waals surface area contributed by atoms with E-state index in [1.54, 1.807) is 12.1 Å². The molecule has 0 saturated carbocycles. The van der Waals surface area contributed by atoms with Crippen molar-refractivity contribution in [1.82, 2.24) is 4.98 Å². The highest BCUT2D eigenvalue weighted by molar-refractivity contribution is 6.30. The molecule has 0 aliphatic carbocycles. The van der Waals surface area contributed by atoms with Crippen molar-refractivity contribution < 1.29 is 22.6 Å². The number of hydrogen-bond acceptors (Lipinski definition) is 4. The number of anilines is 1. The Balaban J connectivity index is 1.77. The van der Waals surface area contributed by atoms with Crippen molar-refractivity contribution >= 4 is 23.2 Å². The first-order valence-corrected chi connectivity index (χ1v) is 7.37. The molecule has 1 aromatic heterocycles. The second-order valence-corrected chi connectivity index (χ2v) is 5.06. The summed E-state index contributed by atoms with van der Waals surface area (Å²) in [5.74, 6) is 0.181. The third-order valence-corrected chi connectivity index (χ3v) is 2.91. The molecule has 3 N–H and O–H groups in total. The molecule has 2 aromatic rings. The summed E-state index contributed by atoms with van der Waals surface area (Å²) in [6.07, 6.45) is -3.27. The van der Waals surface area contributed by atoms with Crippen LogP contribution in [0.1, 0.15) is 0 Å². The molecule has 6 nitrogen and oxygen atoms in total. The number of aromatic nitrogens is 1. The molecule has 10 heteroatoms. The molecule has 0 radical (unpaired) electrons. The lowest BCUT2D eigenvalue weighted by molar-refractivity contribution is -0.274. The number of halogens is 4. The molecule has 1 aromatic carbocycles. The molecular weight excluding hydrogens is 361 g/mol. The summed E-state index contributed by atoms with van der Waals surface area (Å²) in [4.78, 5) is 7.98. The van der Waals surface area contributed by atoms with Crippen LogP contribution in [0.2, 0.25) is 5.02 Å². The van der Waals surface area contributed by atoms with Gasteiger partial charge in [0.1, 0.15) is 12.4 Å². The fourth-order valence-corrected chi connectivity index (χ4v) is 1.80. The summed E-state index contributed by atoms with van der Waals surface area (Å²) in [7, 11) is 0. The number of rotatable bonds is 6. The number of nitrogens with two attached hydrogens (primary N) is 1. The van der Waals surface area contributed by atoms with Crippen molar-refractivity contribution in [3.05, 3.63) is 47.6 Å². The highest BCUT2D eigenvalue weighted by Gasteiger charge is 2.30. The monoisotopic (exact) mass is 374 g/mol. The molecule has 0 spiro atoms. The smallest absolute Gasteiger partial charge is 0.476 e. The third kappa shape index (κ3) is 7.17. The summed E-state index contributed by atoms with van der Waals surface area (Å²) < 4.78 is 45.3. The average Bonchev–Trinajstić information content (AvgIpc) is 2.54. The van der Waals surface area contributed by atoms with E-state index in [9.17, 15) is 13.2 Å². The van der Waals surface area contributed by atoms with Crippen LogP contribution in [0, 0.1) is 0 Å². The van der Waals surface area contributed by atoms with Crippen molar-refractivity contribution in [2.45, 2.75) is 6.36 Å². The van der Waals surface area contributed by atoms with Gasteiger partial charge in [-0.3, -0.25) is 0 Å². The predicted octanol–water partition coefficient (Wildman–Crippen LogP) is 3.44. The molecule has 0 unspecified atom stereocenters. The Morgan fingerprint density at radius 3 is 2.52 bits per heavy atom. The van der Waals surface area contributed by atoms with E-state index in [-0.39, 0.29) is 24.9 Å². The average molecular weight is 375 g/mol. The number of aliphatic imine (C=N–C) groups is 1. The number of guanidine groups is 1. The summed E-state index contributed by atoms with van der Waals surface area (Å²) in [6.45, 7) is 0.508. The SMILES string of the molecule is NC(=NCCOc1ccc(Cl)cn1)Nc1ccc(OC(F)(F)F)cc1. The summed E-state index contributed by atoms with van der Waals surface area (Å²) in [6, 6.07) is 8.37. The van der Waals surface area contributed by atoms with Gasteiger partial charge in [0.2, 0.25) is 5.88 Å². The Bertz CT molecular complexity index is 706. The van der Waals surface area contributed by atoms with E-state index >= 15 is 0 Å². The first-order valence-electron chi connectivity index (χ1n) is 6.99. The largest absolute Gasteiger partial charge is 0.573 e. The van der Waals surface area contributed by atoms with Gasteiger partial charge in [-0.1, -0.05) is 11.6 Å². The van der Waals surface area contributed by atoms with E-state index in [2.05, 4.69) is 20.0 Å². The summed E-state index contributed by atoms with van der Waals surface area (Å²) >= 11 is 5.70. The normalized spacial score (nSPS) is 11.9. The van der Waals surface area contributed by atoms with Gasteiger partial charge >= 0.3 is 6.36 Å². The molecule has 0 aliphatic rings. The molecule has 2 rings (SSSR count). The number of alkyl halides is 3. The fourth-order valence-electron chi connectivity index (χ4n) is 1.69.